The minimum absolute atomic E-state index is 0.302. The number of piperidine rings is 2. The first-order chi connectivity index (χ1) is 13.6. The van der Waals surface area contributed by atoms with Crippen molar-refractivity contribution in [1.82, 2.24) is 14.4 Å². The van der Waals surface area contributed by atoms with Crippen molar-refractivity contribution in [1.29, 1.82) is 0 Å². The largest absolute Gasteiger partial charge is 0.385 e. The standard InChI is InChI=1S/C23H39N3O2/c1-19-10-11-20(2)26(19)16-12-23(27)25(15-7-17-28-3)18-21-8-6-14-24-13-5-4-9-22(21)24/h10-11,21-22H,4-9,12-18H2,1-3H3/t21-,22+/m0/s1. The van der Waals surface area contributed by atoms with Crippen LogP contribution in [0.1, 0.15) is 56.3 Å². The third kappa shape index (κ3) is 5.38. The highest BCUT2D eigenvalue weighted by molar-refractivity contribution is 5.76. The Bertz CT molecular complexity index is 606. The average molecular weight is 390 g/mol. The topological polar surface area (TPSA) is 37.7 Å². The molecule has 158 valence electrons. The Labute approximate surface area is 171 Å². The number of nitrogens with zero attached hydrogens (tertiary/aromatic N) is 3. The molecule has 0 aliphatic carbocycles. The second-order valence-electron chi connectivity index (χ2n) is 8.71. The molecular formula is C23H39N3O2. The molecule has 2 aliphatic rings. The van der Waals surface area contributed by atoms with Gasteiger partial charge in [-0.05, 0) is 77.1 Å². The lowest BCUT2D eigenvalue weighted by atomic mass is 9.83. The van der Waals surface area contributed by atoms with E-state index in [2.05, 4.69) is 40.3 Å². The fourth-order valence-electron chi connectivity index (χ4n) is 5.21. The molecule has 0 aromatic carbocycles. The Morgan fingerprint density at radius 3 is 2.64 bits per heavy atom. The number of aryl methyl sites for hydroxylation is 2. The maximum atomic E-state index is 13.1. The molecule has 0 N–H and O–H groups in total. The molecule has 5 heteroatoms. The summed E-state index contributed by atoms with van der Waals surface area (Å²) < 4.78 is 7.51. The van der Waals surface area contributed by atoms with Gasteiger partial charge in [0.1, 0.15) is 0 Å². The van der Waals surface area contributed by atoms with E-state index >= 15 is 0 Å². The maximum absolute atomic E-state index is 13.1. The van der Waals surface area contributed by atoms with Crippen LogP contribution in [0.3, 0.4) is 0 Å². The SMILES string of the molecule is COCCCN(C[C@@H]1CCCN2CCCC[C@H]12)C(=O)CCn1c(C)ccc1C. The predicted molar refractivity (Wildman–Crippen MR) is 114 cm³/mol. The average Bonchev–Trinajstić information content (AvgIpc) is 3.03. The van der Waals surface area contributed by atoms with E-state index in [0.29, 0.717) is 24.3 Å². The highest BCUT2D eigenvalue weighted by Gasteiger charge is 2.34. The van der Waals surface area contributed by atoms with Crippen molar-refractivity contribution in [2.45, 2.75) is 71.4 Å². The number of aromatic nitrogens is 1. The third-order valence-electron chi connectivity index (χ3n) is 6.78. The first-order valence-electron chi connectivity index (χ1n) is 11.2. The van der Waals surface area contributed by atoms with Gasteiger partial charge in [-0.1, -0.05) is 6.42 Å². The van der Waals surface area contributed by atoms with E-state index < -0.39 is 0 Å². The van der Waals surface area contributed by atoms with Gasteiger partial charge in [0, 0.05) is 57.2 Å². The summed E-state index contributed by atoms with van der Waals surface area (Å²) in [6.07, 6.45) is 8.06. The number of amides is 1. The molecule has 1 aromatic heterocycles. The summed E-state index contributed by atoms with van der Waals surface area (Å²) in [5, 5.41) is 0. The van der Waals surface area contributed by atoms with Crippen LogP contribution in [0.2, 0.25) is 0 Å². The second kappa shape index (κ2) is 10.4. The van der Waals surface area contributed by atoms with Gasteiger partial charge >= 0.3 is 0 Å². The summed E-state index contributed by atoms with van der Waals surface area (Å²) >= 11 is 0. The van der Waals surface area contributed by atoms with E-state index in [4.69, 9.17) is 4.74 Å². The van der Waals surface area contributed by atoms with Gasteiger partial charge in [0.2, 0.25) is 5.91 Å². The molecule has 2 saturated heterocycles. The van der Waals surface area contributed by atoms with Crippen LogP contribution in [0.15, 0.2) is 12.1 Å². The normalized spacial score (nSPS) is 22.8. The van der Waals surface area contributed by atoms with Crippen LogP contribution in [0.25, 0.3) is 0 Å². The number of carbonyl (C=O) groups excluding carboxylic acids is 1. The molecule has 28 heavy (non-hydrogen) atoms. The Morgan fingerprint density at radius 1 is 1.14 bits per heavy atom. The lowest BCUT2D eigenvalue weighted by molar-refractivity contribution is -0.133. The molecule has 2 aliphatic heterocycles. The van der Waals surface area contributed by atoms with E-state index in [-0.39, 0.29) is 0 Å². The Hall–Kier alpha value is -1.33. The minimum Gasteiger partial charge on any atom is -0.385 e. The van der Waals surface area contributed by atoms with E-state index in [1.165, 1.54) is 56.6 Å². The van der Waals surface area contributed by atoms with E-state index in [9.17, 15) is 4.79 Å². The quantitative estimate of drug-likeness (QED) is 0.606. The van der Waals surface area contributed by atoms with Crippen LogP contribution in [-0.4, -0.2) is 66.2 Å². The van der Waals surface area contributed by atoms with Gasteiger partial charge in [-0.3, -0.25) is 4.79 Å². The maximum Gasteiger partial charge on any atom is 0.224 e. The van der Waals surface area contributed by atoms with Crippen LogP contribution < -0.4 is 0 Å². The van der Waals surface area contributed by atoms with Crippen molar-refractivity contribution >= 4 is 5.91 Å². The van der Waals surface area contributed by atoms with Crippen molar-refractivity contribution in [3.63, 3.8) is 0 Å². The molecule has 0 bridgehead atoms. The lowest BCUT2D eigenvalue weighted by Crippen LogP contribution is -2.51. The Balaban J connectivity index is 1.61. The number of hydrogen-bond acceptors (Lipinski definition) is 3. The zero-order chi connectivity index (χ0) is 19.9. The van der Waals surface area contributed by atoms with Crippen molar-refractivity contribution in [2.24, 2.45) is 5.92 Å². The molecular weight excluding hydrogens is 350 g/mol. The van der Waals surface area contributed by atoms with Gasteiger partial charge < -0.3 is 19.1 Å². The fourth-order valence-corrected chi connectivity index (χ4v) is 5.21. The number of fused-ring (bicyclic) bond motifs is 1. The van der Waals surface area contributed by atoms with Gasteiger partial charge in [-0.25, -0.2) is 0 Å². The zero-order valence-electron chi connectivity index (χ0n) is 18.2. The summed E-state index contributed by atoms with van der Waals surface area (Å²) in [5.41, 5.74) is 2.47. The number of hydrogen-bond donors (Lipinski definition) is 0. The summed E-state index contributed by atoms with van der Waals surface area (Å²) in [4.78, 5) is 18.0. The highest BCUT2D eigenvalue weighted by Crippen LogP contribution is 2.31. The van der Waals surface area contributed by atoms with Crippen LogP contribution in [0.5, 0.6) is 0 Å². The van der Waals surface area contributed by atoms with Crippen LogP contribution in [0.4, 0.5) is 0 Å². The van der Waals surface area contributed by atoms with Gasteiger partial charge in [-0.2, -0.15) is 0 Å². The molecule has 0 unspecified atom stereocenters. The van der Waals surface area contributed by atoms with E-state index in [1.54, 1.807) is 7.11 Å². The summed E-state index contributed by atoms with van der Waals surface area (Å²) in [7, 11) is 1.74. The van der Waals surface area contributed by atoms with E-state index in [1.807, 2.05) is 0 Å². The Morgan fingerprint density at radius 2 is 1.89 bits per heavy atom. The summed E-state index contributed by atoms with van der Waals surface area (Å²) in [5.74, 6) is 0.937. The molecule has 2 fully saturated rings. The molecule has 1 aromatic rings. The Kier molecular flexibility index (Phi) is 7.98. The van der Waals surface area contributed by atoms with Gasteiger partial charge in [0.25, 0.3) is 0 Å². The molecule has 0 saturated carbocycles. The summed E-state index contributed by atoms with van der Waals surface area (Å²) in [6.45, 7) is 9.99. The third-order valence-corrected chi connectivity index (χ3v) is 6.78. The van der Waals surface area contributed by atoms with Gasteiger partial charge in [-0.15, -0.1) is 0 Å². The van der Waals surface area contributed by atoms with Crippen LogP contribution in [0, 0.1) is 19.8 Å². The lowest BCUT2D eigenvalue weighted by Gasteiger charge is -2.45. The first-order valence-corrected chi connectivity index (χ1v) is 11.2. The number of carbonyl (C=O) groups is 1. The molecule has 3 rings (SSSR count). The monoisotopic (exact) mass is 389 g/mol. The molecule has 0 radical (unpaired) electrons. The van der Waals surface area contributed by atoms with Crippen molar-refractivity contribution in [2.75, 3.05) is 39.9 Å². The number of methoxy groups -OCH3 is 1. The van der Waals surface area contributed by atoms with Gasteiger partial charge in [0.15, 0.2) is 0 Å². The highest BCUT2D eigenvalue weighted by atomic mass is 16.5. The van der Waals surface area contributed by atoms with E-state index in [0.717, 1.165) is 32.7 Å². The van der Waals surface area contributed by atoms with Crippen molar-refractivity contribution in [3.05, 3.63) is 23.5 Å². The second-order valence-corrected chi connectivity index (χ2v) is 8.71. The van der Waals surface area contributed by atoms with Gasteiger partial charge in [0.05, 0.1) is 0 Å². The number of ether oxygens (including phenoxy) is 1. The van der Waals surface area contributed by atoms with Crippen molar-refractivity contribution < 1.29 is 9.53 Å². The molecule has 1 amide bonds. The van der Waals surface area contributed by atoms with Crippen LogP contribution in [-0.2, 0) is 16.1 Å². The zero-order valence-corrected chi connectivity index (χ0v) is 18.2. The molecule has 5 nitrogen and oxygen atoms in total. The van der Waals surface area contributed by atoms with Crippen molar-refractivity contribution in [3.8, 4) is 0 Å². The molecule has 2 atom stereocenters. The smallest absolute Gasteiger partial charge is 0.224 e. The summed E-state index contributed by atoms with van der Waals surface area (Å²) in [6, 6.07) is 4.96. The van der Waals surface area contributed by atoms with Crippen LogP contribution >= 0.6 is 0 Å². The first kappa shape index (κ1) is 21.4. The molecule has 3 heterocycles. The molecule has 0 spiro atoms. The number of rotatable bonds is 9. The predicted octanol–water partition coefficient (Wildman–Crippen LogP) is 3.62. The fraction of sp³-hybridized carbons (Fsp3) is 0.783. The minimum atomic E-state index is 0.302.